The first-order valence-corrected chi connectivity index (χ1v) is 7.79. The van der Waals surface area contributed by atoms with Crippen LogP contribution in [0.25, 0.3) is 0 Å². The smallest absolute Gasteiger partial charge is 0.0954 e. The maximum absolute atomic E-state index is 10.1. The minimum atomic E-state index is -0.275. The Morgan fingerprint density at radius 2 is 2.26 bits per heavy atom. The average molecular weight is 276 g/mol. The lowest BCUT2D eigenvalue weighted by Gasteiger charge is -2.05. The third-order valence-corrected chi connectivity index (χ3v) is 4.79. The lowest BCUT2D eigenvalue weighted by atomic mass is 10.1. The number of aliphatic hydroxyl groups excluding tert-OH is 1. The van der Waals surface area contributed by atoms with Crippen molar-refractivity contribution in [3.63, 3.8) is 0 Å². The third-order valence-electron chi connectivity index (χ3n) is 3.59. The number of aliphatic hydroxyl groups is 1. The number of nitrogens with zero attached hydrogens (tertiary/aromatic N) is 2. The Balaban J connectivity index is 1.68. The van der Waals surface area contributed by atoms with Crippen molar-refractivity contribution < 1.29 is 5.11 Å². The highest BCUT2D eigenvalue weighted by molar-refractivity contribution is 7.09. The number of hydrogen-bond donors (Lipinski definition) is 1. The highest BCUT2D eigenvalue weighted by Crippen LogP contribution is 2.40. The maximum atomic E-state index is 10.1. The van der Waals surface area contributed by atoms with E-state index >= 15 is 0 Å². The van der Waals surface area contributed by atoms with Gasteiger partial charge in [-0.15, -0.1) is 11.3 Å². The zero-order chi connectivity index (χ0) is 13.4. The van der Waals surface area contributed by atoms with Gasteiger partial charge in [0.05, 0.1) is 23.4 Å². The molecule has 0 saturated heterocycles. The van der Waals surface area contributed by atoms with E-state index in [4.69, 9.17) is 0 Å². The van der Waals surface area contributed by atoms with Crippen LogP contribution in [0, 0.1) is 5.92 Å². The topological polar surface area (TPSA) is 38.0 Å². The Kier molecular flexibility index (Phi) is 3.46. The molecule has 1 N–H and O–H groups in total. The molecule has 1 fully saturated rings. The van der Waals surface area contributed by atoms with Crippen molar-refractivity contribution in [1.82, 2.24) is 9.55 Å². The van der Waals surface area contributed by atoms with Gasteiger partial charge in [-0.3, -0.25) is 0 Å². The average Bonchev–Trinajstić information content (AvgIpc) is 2.94. The quantitative estimate of drug-likeness (QED) is 0.906. The normalized spacial score (nSPS) is 17.1. The molecule has 2 heterocycles. The van der Waals surface area contributed by atoms with Gasteiger partial charge in [-0.05, 0) is 30.4 Å². The highest BCUT2D eigenvalue weighted by Gasteiger charge is 2.31. The Labute approximate surface area is 117 Å². The van der Waals surface area contributed by atoms with E-state index in [1.54, 1.807) is 11.3 Å². The Morgan fingerprint density at radius 1 is 1.47 bits per heavy atom. The van der Waals surface area contributed by atoms with Crippen LogP contribution in [0.15, 0.2) is 23.8 Å². The summed E-state index contributed by atoms with van der Waals surface area (Å²) in [5.74, 6) is 0.985. The summed E-state index contributed by atoms with van der Waals surface area (Å²) in [5, 5.41) is 13.4. The van der Waals surface area contributed by atoms with Crippen LogP contribution < -0.4 is 0 Å². The Bertz CT molecular complexity index is 554. The van der Waals surface area contributed by atoms with E-state index in [1.807, 2.05) is 12.3 Å². The fourth-order valence-corrected chi connectivity index (χ4v) is 3.09. The lowest BCUT2D eigenvalue weighted by Crippen LogP contribution is -2.00. The maximum Gasteiger partial charge on any atom is 0.0954 e. The van der Waals surface area contributed by atoms with Gasteiger partial charge in [0.15, 0.2) is 0 Å². The Morgan fingerprint density at radius 3 is 2.89 bits per heavy atom. The van der Waals surface area contributed by atoms with Crippen molar-refractivity contribution in [2.75, 3.05) is 0 Å². The molecule has 102 valence electrons. The molecule has 19 heavy (non-hydrogen) atoms. The van der Waals surface area contributed by atoms with Gasteiger partial charge >= 0.3 is 0 Å². The van der Waals surface area contributed by atoms with Crippen LogP contribution in [-0.2, 0) is 6.54 Å². The predicted molar refractivity (Wildman–Crippen MR) is 77.4 cm³/mol. The van der Waals surface area contributed by atoms with Crippen LogP contribution in [0.4, 0.5) is 0 Å². The van der Waals surface area contributed by atoms with Crippen molar-refractivity contribution >= 4 is 11.3 Å². The second-order valence-electron chi connectivity index (χ2n) is 5.73. The molecule has 4 heteroatoms. The molecule has 1 aliphatic carbocycles. The first-order valence-electron chi connectivity index (χ1n) is 6.91. The van der Waals surface area contributed by atoms with Gasteiger partial charge in [0.25, 0.3) is 0 Å². The summed E-state index contributed by atoms with van der Waals surface area (Å²) < 4.78 is 2.11. The van der Waals surface area contributed by atoms with Crippen LogP contribution in [-0.4, -0.2) is 14.7 Å². The number of thiazole rings is 1. The highest BCUT2D eigenvalue weighted by atomic mass is 32.1. The summed E-state index contributed by atoms with van der Waals surface area (Å²) in [4.78, 5) is 4.64. The molecule has 2 aromatic rings. The van der Waals surface area contributed by atoms with Crippen LogP contribution in [0.3, 0.4) is 0 Å². The number of aromatic nitrogens is 2. The van der Waals surface area contributed by atoms with Gasteiger partial charge < -0.3 is 9.67 Å². The molecule has 0 bridgehead atoms. The number of hydrogen-bond acceptors (Lipinski definition) is 3. The van der Waals surface area contributed by atoms with E-state index in [0.717, 1.165) is 30.6 Å². The molecule has 1 saturated carbocycles. The van der Waals surface area contributed by atoms with Crippen LogP contribution >= 0.6 is 11.3 Å². The molecule has 0 aliphatic heterocycles. The third kappa shape index (κ3) is 2.90. The molecule has 1 aliphatic rings. The Hall–Kier alpha value is -1.13. The molecule has 0 radical (unpaired) electrons. The molecule has 1 atom stereocenters. The molecule has 0 amide bonds. The van der Waals surface area contributed by atoms with Gasteiger partial charge in [-0.25, -0.2) is 4.98 Å². The van der Waals surface area contributed by atoms with E-state index in [-0.39, 0.29) is 6.10 Å². The summed E-state index contributed by atoms with van der Waals surface area (Å²) in [6.45, 7) is 5.13. The zero-order valence-corrected chi connectivity index (χ0v) is 12.2. The van der Waals surface area contributed by atoms with Crippen molar-refractivity contribution in [1.29, 1.82) is 0 Å². The van der Waals surface area contributed by atoms with Crippen molar-refractivity contribution in [2.24, 2.45) is 5.92 Å². The summed E-state index contributed by atoms with van der Waals surface area (Å²) in [5.41, 5.74) is 2.15. The van der Waals surface area contributed by atoms with E-state index in [1.165, 1.54) is 5.01 Å². The van der Waals surface area contributed by atoms with Crippen LogP contribution in [0.5, 0.6) is 0 Å². The van der Waals surface area contributed by atoms with E-state index in [0.29, 0.717) is 11.8 Å². The minimum Gasteiger partial charge on any atom is -0.388 e. The van der Waals surface area contributed by atoms with Crippen LogP contribution in [0.1, 0.15) is 55.0 Å². The molecule has 3 rings (SSSR count). The molecule has 1 unspecified atom stereocenters. The summed E-state index contributed by atoms with van der Waals surface area (Å²) >= 11 is 1.73. The van der Waals surface area contributed by atoms with Gasteiger partial charge in [0, 0.05) is 23.7 Å². The van der Waals surface area contributed by atoms with E-state index < -0.39 is 0 Å². The second-order valence-corrected chi connectivity index (χ2v) is 6.62. The van der Waals surface area contributed by atoms with Crippen molar-refractivity contribution in [3.05, 3.63) is 40.1 Å². The van der Waals surface area contributed by atoms with E-state index in [2.05, 4.69) is 35.0 Å². The molecule has 0 aromatic carbocycles. The fourth-order valence-electron chi connectivity index (χ4n) is 2.26. The molecule has 2 aromatic heterocycles. The predicted octanol–water partition coefficient (Wildman–Crippen LogP) is 3.56. The monoisotopic (exact) mass is 276 g/mol. The largest absolute Gasteiger partial charge is 0.388 e. The van der Waals surface area contributed by atoms with Crippen LogP contribution in [0.2, 0.25) is 0 Å². The van der Waals surface area contributed by atoms with E-state index in [9.17, 15) is 5.11 Å². The van der Waals surface area contributed by atoms with Gasteiger partial charge in [0.1, 0.15) is 0 Å². The van der Waals surface area contributed by atoms with Gasteiger partial charge in [-0.2, -0.15) is 0 Å². The summed E-state index contributed by atoms with van der Waals surface area (Å²) in [7, 11) is 0. The fraction of sp³-hybridized carbons (Fsp3) is 0.533. The number of rotatable bonds is 5. The first kappa shape index (κ1) is 12.9. The zero-order valence-electron chi connectivity index (χ0n) is 11.4. The summed E-state index contributed by atoms with van der Waals surface area (Å²) in [6.07, 6.45) is 6.14. The molecule has 3 nitrogen and oxygen atoms in total. The lowest BCUT2D eigenvalue weighted by molar-refractivity contribution is 0.154. The minimum absolute atomic E-state index is 0.275. The molecule has 0 spiro atoms. The molecular formula is C15H20N2OS. The molecular weight excluding hydrogens is 256 g/mol. The van der Waals surface area contributed by atoms with Gasteiger partial charge in [-0.1, -0.05) is 13.8 Å². The second kappa shape index (κ2) is 5.10. The van der Waals surface area contributed by atoms with Crippen molar-refractivity contribution in [3.8, 4) is 0 Å². The van der Waals surface area contributed by atoms with Crippen molar-refractivity contribution in [2.45, 2.75) is 45.3 Å². The van der Waals surface area contributed by atoms with Gasteiger partial charge in [0.2, 0.25) is 0 Å². The SMILES string of the molecule is CC(C)c1nc(Cn2ccc(C(O)C3CC3)c2)cs1. The summed E-state index contributed by atoms with van der Waals surface area (Å²) in [6, 6.07) is 2.03. The standard InChI is InChI=1S/C15H20N2OS/c1-10(2)15-16-13(9-19-15)8-17-6-5-12(7-17)14(18)11-3-4-11/h5-7,9-11,14,18H,3-4,8H2,1-2H3. The first-order chi connectivity index (χ1) is 9.13.